The Labute approximate surface area is 130 Å². The largest absolute Gasteiger partial charge is 0.385 e. The van der Waals surface area contributed by atoms with Gasteiger partial charge in [0.15, 0.2) is 0 Å². The van der Waals surface area contributed by atoms with E-state index in [-0.39, 0.29) is 0 Å². The molecule has 0 heterocycles. The van der Waals surface area contributed by atoms with Gasteiger partial charge in [0, 0.05) is 38.3 Å². The summed E-state index contributed by atoms with van der Waals surface area (Å²) in [4.78, 5) is 0. The second kappa shape index (κ2) is 6.55. The van der Waals surface area contributed by atoms with Gasteiger partial charge < -0.3 is 14.8 Å². The van der Waals surface area contributed by atoms with Crippen LogP contribution < -0.4 is 5.32 Å². The topological polar surface area (TPSA) is 30.5 Å². The molecule has 3 aliphatic carbocycles. The van der Waals surface area contributed by atoms with Crippen LogP contribution >= 0.6 is 0 Å². The minimum atomic E-state index is 0.464. The van der Waals surface area contributed by atoms with Gasteiger partial charge in [0.2, 0.25) is 0 Å². The SMILES string of the molecule is CCOC1CC(NCC2(CCOC)CC2)C12CCCCC2. The van der Waals surface area contributed by atoms with E-state index in [1.54, 1.807) is 0 Å². The molecule has 0 amide bonds. The van der Waals surface area contributed by atoms with E-state index in [2.05, 4.69) is 12.2 Å². The Bertz CT molecular complexity index is 334. The maximum absolute atomic E-state index is 6.05. The van der Waals surface area contributed by atoms with E-state index >= 15 is 0 Å². The number of hydrogen-bond acceptors (Lipinski definition) is 3. The monoisotopic (exact) mass is 295 g/mol. The van der Waals surface area contributed by atoms with Crippen molar-refractivity contribution in [2.75, 3.05) is 26.9 Å². The van der Waals surface area contributed by atoms with Crippen molar-refractivity contribution in [3.63, 3.8) is 0 Å². The first-order chi connectivity index (χ1) is 10.2. The zero-order chi connectivity index (χ0) is 14.8. The summed E-state index contributed by atoms with van der Waals surface area (Å²) >= 11 is 0. The van der Waals surface area contributed by atoms with E-state index in [1.165, 1.54) is 64.3 Å². The second-order valence-corrected chi connectivity index (χ2v) is 7.65. The average molecular weight is 295 g/mol. The molecule has 3 rings (SSSR count). The Morgan fingerprint density at radius 1 is 1.10 bits per heavy atom. The molecule has 3 saturated carbocycles. The lowest BCUT2D eigenvalue weighted by Crippen LogP contribution is -2.65. The van der Waals surface area contributed by atoms with Crippen LogP contribution in [0.3, 0.4) is 0 Å². The molecule has 0 aromatic heterocycles. The minimum absolute atomic E-state index is 0.464. The lowest BCUT2D eigenvalue weighted by atomic mass is 9.55. The Balaban J connectivity index is 1.53. The molecule has 1 spiro atoms. The summed E-state index contributed by atoms with van der Waals surface area (Å²) in [6, 6.07) is 0.703. The summed E-state index contributed by atoms with van der Waals surface area (Å²) in [7, 11) is 1.82. The quantitative estimate of drug-likeness (QED) is 0.743. The van der Waals surface area contributed by atoms with Crippen LogP contribution in [0, 0.1) is 10.8 Å². The van der Waals surface area contributed by atoms with Gasteiger partial charge >= 0.3 is 0 Å². The fraction of sp³-hybridized carbons (Fsp3) is 1.00. The third-order valence-electron chi connectivity index (χ3n) is 6.45. The number of rotatable bonds is 8. The summed E-state index contributed by atoms with van der Waals surface area (Å²) in [5, 5.41) is 3.94. The maximum atomic E-state index is 6.05. The van der Waals surface area contributed by atoms with E-state index in [1.807, 2.05) is 7.11 Å². The molecule has 3 aliphatic rings. The van der Waals surface area contributed by atoms with Crippen molar-refractivity contribution in [1.82, 2.24) is 5.32 Å². The lowest BCUT2D eigenvalue weighted by molar-refractivity contribution is -0.150. The van der Waals surface area contributed by atoms with Crippen molar-refractivity contribution in [2.24, 2.45) is 10.8 Å². The molecule has 3 fully saturated rings. The zero-order valence-electron chi connectivity index (χ0n) is 14.0. The molecular weight excluding hydrogens is 262 g/mol. The van der Waals surface area contributed by atoms with E-state index < -0.39 is 0 Å². The molecule has 0 aromatic carbocycles. The Hall–Kier alpha value is -0.120. The van der Waals surface area contributed by atoms with E-state index in [9.17, 15) is 0 Å². The molecule has 21 heavy (non-hydrogen) atoms. The van der Waals surface area contributed by atoms with Gasteiger partial charge in [-0.2, -0.15) is 0 Å². The fourth-order valence-electron chi connectivity index (χ4n) is 4.70. The molecule has 1 N–H and O–H groups in total. The predicted molar refractivity (Wildman–Crippen MR) is 85.5 cm³/mol. The lowest BCUT2D eigenvalue weighted by Gasteiger charge is -2.58. The first-order valence-corrected chi connectivity index (χ1v) is 9.09. The number of methoxy groups -OCH3 is 1. The smallest absolute Gasteiger partial charge is 0.0661 e. The molecule has 0 aliphatic heterocycles. The predicted octanol–water partition coefficient (Wildman–Crippen LogP) is 3.52. The highest BCUT2D eigenvalue weighted by Crippen LogP contribution is 2.54. The van der Waals surface area contributed by atoms with Gasteiger partial charge in [-0.15, -0.1) is 0 Å². The van der Waals surface area contributed by atoms with Crippen LogP contribution in [-0.2, 0) is 9.47 Å². The van der Waals surface area contributed by atoms with Gasteiger partial charge in [0.05, 0.1) is 6.10 Å². The molecule has 122 valence electrons. The van der Waals surface area contributed by atoms with Crippen molar-refractivity contribution < 1.29 is 9.47 Å². The highest BCUT2D eigenvalue weighted by Gasteiger charge is 2.56. The van der Waals surface area contributed by atoms with Gasteiger partial charge in [-0.25, -0.2) is 0 Å². The summed E-state index contributed by atoms with van der Waals surface area (Å²) in [5.74, 6) is 0. The first-order valence-electron chi connectivity index (χ1n) is 9.09. The van der Waals surface area contributed by atoms with E-state index in [0.717, 1.165) is 13.2 Å². The number of ether oxygens (including phenoxy) is 2. The third-order valence-corrected chi connectivity index (χ3v) is 6.45. The van der Waals surface area contributed by atoms with Gasteiger partial charge in [0.25, 0.3) is 0 Å². The second-order valence-electron chi connectivity index (χ2n) is 7.65. The molecule has 3 nitrogen and oxygen atoms in total. The highest BCUT2D eigenvalue weighted by molar-refractivity contribution is 5.10. The van der Waals surface area contributed by atoms with Crippen molar-refractivity contribution in [3.05, 3.63) is 0 Å². The third kappa shape index (κ3) is 3.16. The Morgan fingerprint density at radius 2 is 1.86 bits per heavy atom. The van der Waals surface area contributed by atoms with Crippen molar-refractivity contribution in [3.8, 4) is 0 Å². The van der Waals surface area contributed by atoms with Gasteiger partial charge in [0.1, 0.15) is 0 Å². The fourth-order valence-corrected chi connectivity index (χ4v) is 4.70. The van der Waals surface area contributed by atoms with Crippen molar-refractivity contribution in [1.29, 1.82) is 0 Å². The van der Waals surface area contributed by atoms with Gasteiger partial charge in [-0.3, -0.25) is 0 Å². The maximum Gasteiger partial charge on any atom is 0.0661 e. The summed E-state index contributed by atoms with van der Waals surface area (Å²) in [6.07, 6.45) is 12.7. The Morgan fingerprint density at radius 3 is 2.48 bits per heavy atom. The van der Waals surface area contributed by atoms with Crippen LogP contribution in [0.2, 0.25) is 0 Å². The number of hydrogen-bond donors (Lipinski definition) is 1. The molecule has 0 bridgehead atoms. The van der Waals surface area contributed by atoms with Crippen LogP contribution in [0.25, 0.3) is 0 Å². The van der Waals surface area contributed by atoms with Crippen LogP contribution in [0.5, 0.6) is 0 Å². The van der Waals surface area contributed by atoms with Crippen LogP contribution in [-0.4, -0.2) is 39.0 Å². The van der Waals surface area contributed by atoms with E-state index in [4.69, 9.17) is 9.47 Å². The van der Waals surface area contributed by atoms with Gasteiger partial charge in [-0.05, 0) is 50.9 Å². The number of nitrogens with one attached hydrogen (secondary N) is 1. The van der Waals surface area contributed by atoms with Crippen molar-refractivity contribution >= 4 is 0 Å². The summed E-state index contributed by atoms with van der Waals surface area (Å²) in [5.41, 5.74) is 1.02. The highest BCUT2D eigenvalue weighted by atomic mass is 16.5. The van der Waals surface area contributed by atoms with Gasteiger partial charge in [-0.1, -0.05) is 19.3 Å². The normalized spacial score (nSPS) is 32.9. The van der Waals surface area contributed by atoms with Crippen molar-refractivity contribution in [2.45, 2.75) is 76.9 Å². The molecular formula is C18H33NO2. The molecule has 0 saturated heterocycles. The summed E-state index contributed by atoms with van der Waals surface area (Å²) < 4.78 is 11.3. The molecule has 2 atom stereocenters. The molecule has 0 aromatic rings. The first kappa shape index (κ1) is 15.8. The zero-order valence-corrected chi connectivity index (χ0v) is 14.0. The molecule has 3 heteroatoms. The summed E-state index contributed by atoms with van der Waals surface area (Å²) in [6.45, 7) is 5.12. The Kier molecular flexibility index (Phi) is 4.92. The average Bonchev–Trinajstić information content (AvgIpc) is 3.29. The van der Waals surface area contributed by atoms with Crippen LogP contribution in [0.4, 0.5) is 0 Å². The standard InChI is InChI=1S/C18H33NO2/c1-3-21-16-13-15(18(16)7-5-4-6-8-18)19-14-17(9-10-17)11-12-20-2/h15-16,19H,3-14H2,1-2H3. The minimum Gasteiger partial charge on any atom is -0.385 e. The molecule has 0 radical (unpaired) electrons. The van der Waals surface area contributed by atoms with Crippen LogP contribution in [0.15, 0.2) is 0 Å². The molecule has 2 unspecified atom stereocenters. The van der Waals surface area contributed by atoms with E-state index in [0.29, 0.717) is 23.0 Å². The van der Waals surface area contributed by atoms with Crippen LogP contribution in [0.1, 0.15) is 64.7 Å².